The topological polar surface area (TPSA) is 44.5 Å². The van der Waals surface area contributed by atoms with Crippen molar-refractivity contribution in [1.82, 2.24) is 0 Å². The molecule has 1 saturated carbocycles. The Morgan fingerprint density at radius 1 is 1.10 bits per heavy atom. The van der Waals surface area contributed by atoms with Gasteiger partial charge in [0.15, 0.2) is 0 Å². The van der Waals surface area contributed by atoms with Crippen LogP contribution in [0.25, 0.3) is 0 Å². The van der Waals surface area contributed by atoms with Crippen LogP contribution in [-0.2, 0) is 4.74 Å². The highest BCUT2D eigenvalue weighted by molar-refractivity contribution is 5.28. The number of hydrogen-bond donors (Lipinski definition) is 1. The van der Waals surface area contributed by atoms with Crippen molar-refractivity contribution in [1.29, 1.82) is 0 Å². The van der Waals surface area contributed by atoms with Crippen LogP contribution in [0.1, 0.15) is 44.8 Å². The van der Waals surface area contributed by atoms with Gasteiger partial charge >= 0.3 is 0 Å². The zero-order chi connectivity index (χ0) is 14.5. The van der Waals surface area contributed by atoms with Gasteiger partial charge in [-0.15, -0.1) is 0 Å². The third-order valence-corrected chi connectivity index (χ3v) is 4.19. The minimum Gasteiger partial charge on any atom is -0.497 e. The van der Waals surface area contributed by atoms with Gasteiger partial charge in [-0.2, -0.15) is 0 Å². The van der Waals surface area contributed by atoms with Crippen molar-refractivity contribution in [2.45, 2.75) is 45.3 Å². The van der Waals surface area contributed by atoms with Crippen LogP contribution in [0.4, 0.5) is 0 Å². The van der Waals surface area contributed by atoms with Crippen LogP contribution in [-0.4, -0.2) is 19.8 Å². The van der Waals surface area contributed by atoms with Crippen molar-refractivity contribution in [3.8, 4) is 5.75 Å². The number of hydrogen-bond acceptors (Lipinski definition) is 3. The smallest absolute Gasteiger partial charge is 0.118 e. The molecule has 0 aromatic heterocycles. The molecule has 0 bridgehead atoms. The van der Waals surface area contributed by atoms with E-state index >= 15 is 0 Å². The highest BCUT2D eigenvalue weighted by Crippen LogP contribution is 2.33. The van der Waals surface area contributed by atoms with Crippen LogP contribution in [0.15, 0.2) is 24.3 Å². The van der Waals surface area contributed by atoms with Crippen LogP contribution in [0, 0.1) is 11.8 Å². The van der Waals surface area contributed by atoms with Gasteiger partial charge in [0.2, 0.25) is 0 Å². The van der Waals surface area contributed by atoms with Crippen LogP contribution in [0.3, 0.4) is 0 Å². The molecule has 112 valence electrons. The van der Waals surface area contributed by atoms with E-state index in [-0.39, 0.29) is 6.10 Å². The number of rotatable bonds is 5. The molecule has 0 spiro atoms. The summed E-state index contributed by atoms with van der Waals surface area (Å²) in [5.41, 5.74) is 7.04. The molecule has 0 radical (unpaired) electrons. The third kappa shape index (κ3) is 3.97. The van der Waals surface area contributed by atoms with E-state index in [2.05, 4.69) is 13.8 Å². The van der Waals surface area contributed by atoms with Crippen molar-refractivity contribution < 1.29 is 9.47 Å². The van der Waals surface area contributed by atoms with Crippen LogP contribution in [0.5, 0.6) is 5.75 Å². The molecule has 3 unspecified atom stereocenters. The minimum atomic E-state index is -0.0107. The Morgan fingerprint density at radius 2 is 1.70 bits per heavy atom. The molecule has 3 nitrogen and oxygen atoms in total. The zero-order valence-corrected chi connectivity index (χ0v) is 12.8. The predicted molar refractivity (Wildman–Crippen MR) is 81.8 cm³/mol. The zero-order valence-electron chi connectivity index (χ0n) is 12.8. The summed E-state index contributed by atoms with van der Waals surface area (Å²) in [6, 6.07) is 8.03. The first-order chi connectivity index (χ1) is 9.62. The fourth-order valence-corrected chi connectivity index (χ4v) is 3.31. The van der Waals surface area contributed by atoms with Crippen molar-refractivity contribution in [2.75, 3.05) is 13.7 Å². The van der Waals surface area contributed by atoms with Gasteiger partial charge < -0.3 is 15.2 Å². The van der Waals surface area contributed by atoms with Gasteiger partial charge in [-0.05, 0) is 48.8 Å². The fourth-order valence-electron chi connectivity index (χ4n) is 3.31. The van der Waals surface area contributed by atoms with Gasteiger partial charge in [0.05, 0.1) is 19.3 Å². The molecule has 0 heterocycles. The lowest BCUT2D eigenvalue weighted by Gasteiger charge is -2.33. The summed E-state index contributed by atoms with van der Waals surface area (Å²) in [6.45, 7) is 5.15. The molecule has 2 rings (SSSR count). The first kappa shape index (κ1) is 15.3. The average Bonchev–Trinajstić information content (AvgIpc) is 2.44. The van der Waals surface area contributed by atoms with Gasteiger partial charge in [0, 0.05) is 6.54 Å². The summed E-state index contributed by atoms with van der Waals surface area (Å²) in [5.74, 6) is 2.36. The maximum Gasteiger partial charge on any atom is 0.118 e. The molecule has 0 amide bonds. The van der Waals surface area contributed by atoms with E-state index in [9.17, 15) is 0 Å². The second-order valence-corrected chi connectivity index (χ2v) is 6.17. The van der Waals surface area contributed by atoms with Gasteiger partial charge in [0.25, 0.3) is 0 Å². The molecule has 3 atom stereocenters. The Balaban J connectivity index is 2.00. The van der Waals surface area contributed by atoms with E-state index in [4.69, 9.17) is 15.2 Å². The van der Waals surface area contributed by atoms with Gasteiger partial charge in [-0.25, -0.2) is 0 Å². The Labute approximate surface area is 122 Å². The normalized spacial score (nSPS) is 28.1. The monoisotopic (exact) mass is 277 g/mol. The van der Waals surface area contributed by atoms with E-state index in [0.29, 0.717) is 12.6 Å². The van der Waals surface area contributed by atoms with Crippen LogP contribution >= 0.6 is 0 Å². The van der Waals surface area contributed by atoms with E-state index in [1.165, 1.54) is 6.42 Å². The maximum absolute atomic E-state index is 6.28. The summed E-state index contributed by atoms with van der Waals surface area (Å²) in [7, 11) is 1.68. The minimum absolute atomic E-state index is 0.0107. The third-order valence-electron chi connectivity index (χ3n) is 4.19. The number of methoxy groups -OCH3 is 1. The molecule has 1 fully saturated rings. The second kappa shape index (κ2) is 7.09. The summed E-state index contributed by atoms with van der Waals surface area (Å²) < 4.78 is 11.5. The molecule has 20 heavy (non-hydrogen) atoms. The van der Waals surface area contributed by atoms with Crippen LogP contribution < -0.4 is 10.5 Å². The predicted octanol–water partition coefficient (Wildman–Crippen LogP) is 3.54. The second-order valence-electron chi connectivity index (χ2n) is 6.17. The molecule has 3 heteroatoms. The summed E-state index contributed by atoms with van der Waals surface area (Å²) in [5, 5.41) is 0. The summed E-state index contributed by atoms with van der Waals surface area (Å²) >= 11 is 0. The number of benzene rings is 1. The molecule has 1 aliphatic carbocycles. The van der Waals surface area contributed by atoms with Gasteiger partial charge in [-0.1, -0.05) is 26.0 Å². The SMILES string of the molecule is COc1ccc(C(CN)OC2CC(C)CC(C)C2)cc1. The maximum atomic E-state index is 6.28. The van der Waals surface area contributed by atoms with E-state index in [0.717, 1.165) is 36.0 Å². The summed E-state index contributed by atoms with van der Waals surface area (Å²) in [6.07, 6.45) is 3.94. The molecule has 1 aromatic rings. The average molecular weight is 277 g/mol. The van der Waals surface area contributed by atoms with Crippen molar-refractivity contribution in [2.24, 2.45) is 17.6 Å². The van der Waals surface area contributed by atoms with E-state index < -0.39 is 0 Å². The molecule has 2 N–H and O–H groups in total. The number of ether oxygens (including phenoxy) is 2. The lowest BCUT2D eigenvalue weighted by molar-refractivity contribution is -0.0466. The molecule has 0 aliphatic heterocycles. The Morgan fingerprint density at radius 3 is 2.20 bits per heavy atom. The van der Waals surface area contributed by atoms with Crippen molar-refractivity contribution >= 4 is 0 Å². The molecule has 1 aromatic carbocycles. The largest absolute Gasteiger partial charge is 0.497 e. The number of nitrogens with two attached hydrogens (primary N) is 1. The lowest BCUT2D eigenvalue weighted by atomic mass is 9.81. The highest BCUT2D eigenvalue weighted by Gasteiger charge is 2.26. The molecular formula is C17H27NO2. The Hall–Kier alpha value is -1.06. The fraction of sp³-hybridized carbons (Fsp3) is 0.647. The van der Waals surface area contributed by atoms with E-state index in [1.54, 1.807) is 7.11 Å². The molecule has 1 aliphatic rings. The Kier molecular flexibility index (Phi) is 5.44. The standard InChI is InChI=1S/C17H27NO2/c1-12-8-13(2)10-16(9-12)20-17(11-18)14-4-6-15(19-3)7-5-14/h4-7,12-13,16-17H,8-11,18H2,1-3H3. The van der Waals surface area contributed by atoms with Crippen molar-refractivity contribution in [3.05, 3.63) is 29.8 Å². The molecule has 0 saturated heterocycles. The van der Waals surface area contributed by atoms with Gasteiger partial charge in [-0.3, -0.25) is 0 Å². The van der Waals surface area contributed by atoms with E-state index in [1.807, 2.05) is 24.3 Å². The Bertz CT molecular complexity index is 394. The summed E-state index contributed by atoms with van der Waals surface area (Å²) in [4.78, 5) is 0. The van der Waals surface area contributed by atoms with Crippen molar-refractivity contribution in [3.63, 3.8) is 0 Å². The van der Waals surface area contributed by atoms with Crippen LogP contribution in [0.2, 0.25) is 0 Å². The lowest BCUT2D eigenvalue weighted by Crippen LogP contribution is -2.29. The highest BCUT2D eigenvalue weighted by atomic mass is 16.5. The first-order valence-corrected chi connectivity index (χ1v) is 7.61. The quantitative estimate of drug-likeness (QED) is 0.895. The van der Waals surface area contributed by atoms with Gasteiger partial charge in [0.1, 0.15) is 5.75 Å². The first-order valence-electron chi connectivity index (χ1n) is 7.61. The molecular weight excluding hydrogens is 250 g/mol.